The number of likely N-dealkylation sites (tertiary alicyclic amines) is 1. The van der Waals surface area contributed by atoms with Crippen molar-refractivity contribution in [1.29, 1.82) is 0 Å². The third kappa shape index (κ3) is 26.2. The number of hydrogen-bond acceptors (Lipinski definition) is 23. The van der Waals surface area contributed by atoms with Gasteiger partial charge in [0.1, 0.15) is 55.8 Å². The van der Waals surface area contributed by atoms with Gasteiger partial charge in [-0.25, -0.2) is 17.6 Å². The molecule has 16 aromatic rings. The second kappa shape index (κ2) is 46.3. The molecule has 8 aromatic heterocycles. The Hall–Kier alpha value is -15.8. The highest BCUT2D eigenvalue weighted by molar-refractivity contribution is 9.10. The van der Waals surface area contributed by atoms with Gasteiger partial charge in [-0.1, -0.05) is 118 Å². The van der Waals surface area contributed by atoms with Crippen molar-refractivity contribution in [2.24, 2.45) is 22.9 Å². The molecule has 0 spiro atoms. The maximum Gasteiger partial charge on any atom is 0.498 e. The quantitative estimate of drug-likeness (QED) is 0.0170. The summed E-state index contributed by atoms with van der Waals surface area (Å²) in [7, 11) is -0.307. The van der Waals surface area contributed by atoms with E-state index in [1.165, 1.54) is 36.9 Å². The number of carboxylic acids is 1. The molecule has 0 bridgehead atoms. The van der Waals surface area contributed by atoms with E-state index in [0.29, 0.717) is 70.3 Å². The Morgan fingerprint density at radius 1 is 0.480 bits per heavy atom. The van der Waals surface area contributed by atoms with Crippen molar-refractivity contribution in [3.8, 4) is 55.6 Å². The van der Waals surface area contributed by atoms with Crippen molar-refractivity contribution in [3.05, 3.63) is 256 Å². The lowest BCUT2D eigenvalue weighted by molar-refractivity contribution is -0.156. The van der Waals surface area contributed by atoms with E-state index in [1.54, 1.807) is 225 Å². The summed E-state index contributed by atoms with van der Waals surface area (Å²) in [6.45, 7) is 17.8. The molecule has 148 heavy (non-hydrogen) atoms. The van der Waals surface area contributed by atoms with Crippen LogP contribution in [0.25, 0.3) is 99.2 Å². The Kier molecular flexibility index (Phi) is 34.2. The van der Waals surface area contributed by atoms with Crippen LogP contribution in [0.15, 0.2) is 212 Å². The molecule has 16 N–H and O–H groups in total. The number of carbonyl (C=O) groups is 10. The fraction of sp³-hybridized carbons (Fsp3) is 0.260. The molecule has 3 fully saturated rings. The maximum absolute atomic E-state index is 15.5. The summed E-state index contributed by atoms with van der Waals surface area (Å²) >= 11 is 15.7. The van der Waals surface area contributed by atoms with Crippen LogP contribution in [0.1, 0.15) is 124 Å². The van der Waals surface area contributed by atoms with Crippen molar-refractivity contribution in [2.45, 2.75) is 155 Å². The molecular weight excluding hydrogens is 2050 g/mol. The first-order valence-electron chi connectivity index (χ1n) is 45.5. The minimum absolute atomic E-state index is 0. The van der Waals surface area contributed by atoms with E-state index in [-0.39, 0.29) is 123 Å². The van der Waals surface area contributed by atoms with Crippen molar-refractivity contribution >= 4 is 178 Å². The zero-order valence-electron chi connectivity index (χ0n) is 81.0. The number of amides is 7. The number of aliphatic carboxylic acids is 1. The number of aromatic nitrogens is 16. The first-order valence-corrected chi connectivity index (χ1v) is 47.1. The van der Waals surface area contributed by atoms with Gasteiger partial charge in [-0.3, -0.25) is 87.1 Å². The van der Waals surface area contributed by atoms with E-state index in [1.807, 2.05) is 33.8 Å². The number of anilines is 2. The summed E-state index contributed by atoms with van der Waals surface area (Å²) in [5.41, 5.74) is 29.7. The molecule has 3 aliphatic heterocycles. The number of rotatable bonds is 22. The summed E-state index contributed by atoms with van der Waals surface area (Å²) in [5.74, 6) is -7.76. The number of ether oxygens (including phenoxy) is 2. The lowest BCUT2D eigenvalue weighted by Crippen LogP contribution is -2.44. The Morgan fingerprint density at radius 3 is 1.22 bits per heavy atom. The number of primary amides is 4. The van der Waals surface area contributed by atoms with Crippen LogP contribution in [-0.4, -0.2) is 216 Å². The van der Waals surface area contributed by atoms with Crippen LogP contribution in [0.4, 0.5) is 28.9 Å². The zero-order chi connectivity index (χ0) is 106. The number of carboxylic acid groups (broad SMARTS) is 1. The summed E-state index contributed by atoms with van der Waals surface area (Å²) < 4.78 is 86.3. The van der Waals surface area contributed by atoms with Crippen LogP contribution in [0.2, 0.25) is 10.0 Å². The molecule has 770 valence electrons. The average molecular weight is 2150 g/mol. The van der Waals surface area contributed by atoms with Crippen LogP contribution in [0.5, 0.6) is 0 Å². The lowest BCUT2D eigenvalue weighted by atomic mass is 9.82. The molecule has 4 atom stereocenters. The highest BCUT2D eigenvalue weighted by Crippen LogP contribution is 2.40. The van der Waals surface area contributed by atoms with E-state index in [0.717, 1.165) is 48.2 Å². The van der Waals surface area contributed by atoms with E-state index in [4.69, 9.17) is 70.0 Å². The molecule has 48 heteroatoms. The standard InChI is InChI=1S/C30H24ClF2N7O3.C17H15ClF2N2O.C17H19N5O3.C14H16BrN3O3.C13H11N5O3.C9H15BN2O2.ClH/c31-22-6-2-1-4-19(22)20-5-3-7-23(27(20)33)37-30(43)25-11-18(32)14-39(25)26(41)15-40-24-9-8-16(17-12-35-36-13-17)10-21(24)28(38-40)29(34)42;18-13-6-2-1-4-11(13)12-5-3-7-14(16(12)20)22-17(23)15-8-10(19)9-21-15;1-17(2,3)25-14(23)9-22-13-5-4-10(11-7-19-20-8-11)6-12(13)15(21-22)16(18)24;1-14(2,3)21-11(19)7-18-10-5-4-8(15)6-9(10)12(17-18)13(16)20;14-13(21)12-9-3-7(8-4-15-16-5-8)1-2-10(9)18(17-12)6-11(19)20;1-8(2)9(3,4)14-10(13-8)7-5-11-12-6-7;/h1-10,12-13,18,25H,11,14-15H2,(H2,34,42)(H,35,36)(H,37,43);1-7,10,15,21H,8-9H2,(H,22,23);4-8H,9H2,1-3H3,(H2,18,24)(H,19,20);4-6H,7H2,1-3H3,(H2,16,20);1-5H,6H2,(H2,14,21)(H,15,16)(H,19,20);5-6H,1-4H3,(H,11,12);1H/t18-,25+;10-,15+;;;;;/m11...../s1. The summed E-state index contributed by atoms with van der Waals surface area (Å²) in [6.07, 6.45) is 10.9. The predicted octanol–water partition coefficient (Wildman–Crippen LogP) is 14.2. The van der Waals surface area contributed by atoms with Gasteiger partial charge in [0.2, 0.25) is 17.7 Å². The normalized spacial score (nSPS) is 15.4. The minimum atomic E-state index is -1.47. The van der Waals surface area contributed by atoms with Crippen molar-refractivity contribution in [1.82, 2.24) is 90.1 Å². The lowest BCUT2D eigenvalue weighted by Gasteiger charge is -2.32. The average Bonchev–Trinajstić information content (AvgIpc) is 1.60. The number of hydrogen-bond donors (Lipinski definition) is 12. The maximum atomic E-state index is 15.5. The summed E-state index contributed by atoms with van der Waals surface area (Å²) in [5, 5.41) is 62.6. The largest absolute Gasteiger partial charge is 0.498 e. The Balaban J connectivity index is 0.000000153. The smallest absolute Gasteiger partial charge is 0.480 e. The van der Waals surface area contributed by atoms with Crippen LogP contribution >= 0.6 is 51.5 Å². The number of aromatic amines is 4. The molecular formula is C100H101BBrCl3F4N24O15. The second-order valence-corrected chi connectivity index (χ2v) is 38.7. The fourth-order valence-electron chi connectivity index (χ4n) is 16.0. The number of nitrogens with zero attached hydrogens (tertiary/aromatic N) is 13. The van der Waals surface area contributed by atoms with Crippen molar-refractivity contribution in [3.63, 3.8) is 0 Å². The van der Waals surface area contributed by atoms with Gasteiger partial charge in [0, 0.05) is 131 Å². The van der Waals surface area contributed by atoms with Crippen LogP contribution in [0.3, 0.4) is 0 Å². The number of fused-ring (bicyclic) bond motifs is 4. The van der Waals surface area contributed by atoms with Crippen LogP contribution < -0.4 is 44.3 Å². The van der Waals surface area contributed by atoms with E-state index in [2.05, 4.69) is 93.1 Å². The summed E-state index contributed by atoms with van der Waals surface area (Å²) in [4.78, 5) is 122. The summed E-state index contributed by atoms with van der Waals surface area (Å²) in [6, 6.07) is 42.1. The molecule has 0 unspecified atom stereocenters. The van der Waals surface area contributed by atoms with Crippen molar-refractivity contribution < 1.29 is 89.4 Å². The number of esters is 2. The number of nitrogens with one attached hydrogen (secondary N) is 7. The highest BCUT2D eigenvalue weighted by Gasteiger charge is 2.52. The van der Waals surface area contributed by atoms with Crippen LogP contribution in [-0.2, 0) is 73.7 Å². The van der Waals surface area contributed by atoms with Gasteiger partial charge >= 0.3 is 25.0 Å². The van der Waals surface area contributed by atoms with Gasteiger partial charge < -0.3 is 67.7 Å². The third-order valence-electron chi connectivity index (χ3n) is 23.5. The topological polar surface area (TPSA) is 557 Å². The highest BCUT2D eigenvalue weighted by atomic mass is 79.9. The second-order valence-electron chi connectivity index (χ2n) is 36.9. The number of halogens is 8. The van der Waals surface area contributed by atoms with Gasteiger partial charge in [0.15, 0.2) is 34.4 Å². The Morgan fingerprint density at radius 2 is 0.851 bits per heavy atom. The van der Waals surface area contributed by atoms with Crippen molar-refractivity contribution in [2.75, 3.05) is 23.7 Å². The molecule has 39 nitrogen and oxygen atoms in total. The number of carbonyl (C=O) groups excluding carboxylic acids is 9. The minimum Gasteiger partial charge on any atom is -0.480 e. The predicted molar refractivity (Wildman–Crippen MR) is 552 cm³/mol. The number of H-pyrrole nitrogens is 4. The SMILES string of the molecule is CC(C)(C)OC(=O)Cn1nc(C(N)=O)c2cc(-c3cn[nH]c3)ccc21.CC(C)(C)OC(=O)Cn1nc(C(N)=O)c2cc(Br)ccc21.CC1(C)OB(c2cn[nH]c2)OC1(C)C.Cl.NC(=O)c1nn(CC(=O)N2C[C@H](F)C[C@H]2C(=O)Nc2cccc(-c3ccccc3Cl)c2F)c2ccc(-c3cn[nH]c3)cc12.NC(=O)c1nn(CC(=O)O)c2ccc(-c3cn[nH]c3)cc12.O=C(Nc1cccc(-c2ccccc2Cl)c1F)[C@@H]1C[C@@H](F)CN1. The van der Waals surface area contributed by atoms with Gasteiger partial charge in [0.25, 0.3) is 23.6 Å². The first kappa shape index (κ1) is 109. The molecule has 3 saturated heterocycles. The van der Waals surface area contributed by atoms with Gasteiger partial charge in [-0.05, 0) is 165 Å². The van der Waals surface area contributed by atoms with E-state index < -0.39 is 107 Å². The Bertz CT molecular complexity index is 7610. The molecule has 19 rings (SSSR count). The van der Waals surface area contributed by atoms with Gasteiger partial charge in [-0.2, -0.15) is 40.8 Å². The molecule has 0 aliphatic carbocycles. The molecule has 8 aromatic carbocycles. The van der Waals surface area contributed by atoms with E-state index >= 15 is 4.39 Å². The molecule has 3 aliphatic rings. The zero-order valence-corrected chi connectivity index (χ0v) is 84.9. The van der Waals surface area contributed by atoms with Gasteiger partial charge in [-0.15, -0.1) is 12.4 Å². The number of alkyl halides is 2. The van der Waals surface area contributed by atoms with Crippen LogP contribution in [0, 0.1) is 11.6 Å². The fourth-order valence-corrected chi connectivity index (χ4v) is 16.9. The van der Waals surface area contributed by atoms with Gasteiger partial charge in [0.05, 0.1) is 75.8 Å². The number of benzene rings is 8. The molecule has 11 heterocycles. The third-order valence-corrected chi connectivity index (χ3v) is 24.7. The molecule has 0 radical (unpaired) electrons. The van der Waals surface area contributed by atoms with E-state index in [9.17, 15) is 61.1 Å². The Labute approximate surface area is 866 Å². The molecule has 7 amide bonds. The monoisotopic (exact) mass is 2150 g/mol. The molecule has 0 saturated carbocycles. The first-order chi connectivity index (χ1) is 69.7. The number of nitrogens with two attached hydrogens (primary N) is 4.